The van der Waals surface area contributed by atoms with Gasteiger partial charge in [-0.3, -0.25) is 4.79 Å². The fraction of sp³-hybridized carbons (Fsp3) is 0.692. The number of nitrogens with zero attached hydrogens (tertiary/aromatic N) is 2. The number of rotatable bonds is 1. The van der Waals surface area contributed by atoms with Crippen LogP contribution in [0.25, 0.3) is 0 Å². The van der Waals surface area contributed by atoms with Crippen LogP contribution in [0.5, 0.6) is 0 Å². The highest BCUT2D eigenvalue weighted by atomic mass is 79.9. The summed E-state index contributed by atoms with van der Waals surface area (Å²) in [4.78, 5) is 18.6. The van der Waals surface area contributed by atoms with Crippen LogP contribution in [0.1, 0.15) is 42.6 Å². The molecule has 1 spiro atoms. The van der Waals surface area contributed by atoms with E-state index in [-0.39, 0.29) is 11.5 Å². The third-order valence-corrected chi connectivity index (χ3v) is 5.57. The van der Waals surface area contributed by atoms with Gasteiger partial charge in [-0.2, -0.15) is 0 Å². The molecule has 2 heterocycles. The van der Waals surface area contributed by atoms with E-state index in [1.165, 1.54) is 30.6 Å². The Hall–Kier alpha value is -0.460. The molecule has 1 saturated carbocycles. The average molecular weight is 345 g/mol. The standard InChI is InChI=1S/C13H17BrN2O2S/c14-11-10(15-9-19-11)12(17)16-6-7-18-13(8-16)4-2-1-3-5-13/h9H,1-8H2. The van der Waals surface area contributed by atoms with Crippen LogP contribution < -0.4 is 0 Å². The number of hydrogen-bond acceptors (Lipinski definition) is 4. The lowest BCUT2D eigenvalue weighted by Gasteiger charge is -2.44. The van der Waals surface area contributed by atoms with Crippen LogP contribution in [0.3, 0.4) is 0 Å². The minimum absolute atomic E-state index is 0.0290. The highest BCUT2D eigenvalue weighted by Crippen LogP contribution is 2.35. The van der Waals surface area contributed by atoms with E-state index in [2.05, 4.69) is 20.9 Å². The summed E-state index contributed by atoms with van der Waals surface area (Å²) < 4.78 is 6.83. The molecular weight excluding hydrogens is 328 g/mol. The second kappa shape index (κ2) is 5.50. The Balaban J connectivity index is 1.74. The molecule has 2 aliphatic rings. The minimum atomic E-state index is -0.0886. The first kappa shape index (κ1) is 13.5. The molecule has 0 bridgehead atoms. The van der Waals surface area contributed by atoms with E-state index in [4.69, 9.17) is 4.74 Å². The number of hydrogen-bond donors (Lipinski definition) is 0. The lowest BCUT2D eigenvalue weighted by atomic mass is 9.83. The summed E-state index contributed by atoms with van der Waals surface area (Å²) in [7, 11) is 0. The van der Waals surface area contributed by atoms with Crippen LogP contribution in [-0.4, -0.2) is 41.1 Å². The Bertz CT molecular complexity index is 465. The van der Waals surface area contributed by atoms with E-state index >= 15 is 0 Å². The first-order valence-corrected chi connectivity index (χ1v) is 8.40. The summed E-state index contributed by atoms with van der Waals surface area (Å²) >= 11 is 4.85. The van der Waals surface area contributed by atoms with Gasteiger partial charge in [0.1, 0.15) is 3.79 Å². The fourth-order valence-corrected chi connectivity index (χ4v) is 4.06. The summed E-state index contributed by atoms with van der Waals surface area (Å²) in [6.45, 7) is 2.04. The van der Waals surface area contributed by atoms with Crippen LogP contribution in [0.4, 0.5) is 0 Å². The molecular formula is C13H17BrN2O2S. The summed E-state index contributed by atoms with van der Waals surface area (Å²) in [6, 6.07) is 0. The molecule has 6 heteroatoms. The van der Waals surface area contributed by atoms with E-state index in [9.17, 15) is 4.79 Å². The van der Waals surface area contributed by atoms with Crippen LogP contribution >= 0.6 is 27.3 Å². The number of halogens is 1. The van der Waals surface area contributed by atoms with Gasteiger partial charge in [-0.1, -0.05) is 19.3 Å². The largest absolute Gasteiger partial charge is 0.371 e. The lowest BCUT2D eigenvalue weighted by Crippen LogP contribution is -2.54. The molecule has 0 atom stereocenters. The Kier molecular flexibility index (Phi) is 3.91. The van der Waals surface area contributed by atoms with Gasteiger partial charge < -0.3 is 9.64 Å². The van der Waals surface area contributed by atoms with Crippen molar-refractivity contribution in [3.63, 3.8) is 0 Å². The summed E-state index contributed by atoms with van der Waals surface area (Å²) in [5, 5.41) is 0. The first-order chi connectivity index (χ1) is 9.20. The molecule has 1 aliphatic carbocycles. The molecule has 0 radical (unpaired) electrons. The van der Waals surface area contributed by atoms with Crippen molar-refractivity contribution in [1.29, 1.82) is 0 Å². The molecule has 19 heavy (non-hydrogen) atoms. The molecule has 4 nitrogen and oxygen atoms in total. The van der Waals surface area contributed by atoms with Gasteiger partial charge in [0.2, 0.25) is 0 Å². The van der Waals surface area contributed by atoms with E-state index < -0.39 is 0 Å². The predicted molar refractivity (Wildman–Crippen MR) is 77.5 cm³/mol. The SMILES string of the molecule is O=C(c1ncsc1Br)N1CCOC2(CCCCC2)C1. The van der Waals surface area contributed by atoms with Gasteiger partial charge in [-0.05, 0) is 28.8 Å². The van der Waals surface area contributed by atoms with Crippen molar-refractivity contribution in [3.8, 4) is 0 Å². The van der Waals surface area contributed by atoms with Gasteiger partial charge in [0.05, 0.1) is 24.3 Å². The third kappa shape index (κ3) is 2.71. The number of carbonyl (C=O) groups is 1. The number of thiazole rings is 1. The monoisotopic (exact) mass is 344 g/mol. The molecule has 3 rings (SSSR count). The van der Waals surface area contributed by atoms with Gasteiger partial charge in [0.15, 0.2) is 5.69 Å². The Labute approximate surface area is 125 Å². The summed E-state index contributed by atoms with van der Waals surface area (Å²) in [5.41, 5.74) is 2.15. The van der Waals surface area contributed by atoms with E-state index in [1.807, 2.05) is 4.90 Å². The van der Waals surface area contributed by atoms with Gasteiger partial charge in [-0.25, -0.2) is 4.98 Å². The zero-order valence-electron chi connectivity index (χ0n) is 10.7. The van der Waals surface area contributed by atoms with Crippen LogP contribution in [-0.2, 0) is 4.74 Å². The number of morpholine rings is 1. The van der Waals surface area contributed by atoms with Crippen LogP contribution in [0.15, 0.2) is 9.30 Å². The van der Waals surface area contributed by atoms with Crippen LogP contribution in [0, 0.1) is 0 Å². The lowest BCUT2D eigenvalue weighted by molar-refractivity contribution is -0.117. The Morgan fingerprint density at radius 2 is 2.21 bits per heavy atom. The number of ether oxygens (including phenoxy) is 1. The molecule has 104 valence electrons. The predicted octanol–water partition coefficient (Wildman–Crippen LogP) is 3.08. The van der Waals surface area contributed by atoms with Crippen LogP contribution in [0.2, 0.25) is 0 Å². The van der Waals surface area contributed by atoms with Crippen molar-refractivity contribution in [1.82, 2.24) is 9.88 Å². The van der Waals surface area contributed by atoms with Gasteiger partial charge in [0.25, 0.3) is 5.91 Å². The molecule has 1 aliphatic heterocycles. The number of amides is 1. The van der Waals surface area contributed by atoms with Crippen molar-refractivity contribution >= 4 is 33.2 Å². The highest BCUT2D eigenvalue weighted by Gasteiger charge is 2.39. The quantitative estimate of drug-likeness (QED) is 0.786. The molecule has 2 fully saturated rings. The smallest absolute Gasteiger partial charge is 0.274 e. The fourth-order valence-electron chi connectivity index (χ4n) is 3.04. The molecule has 1 amide bonds. The second-order valence-corrected chi connectivity index (χ2v) is 7.47. The van der Waals surface area contributed by atoms with Gasteiger partial charge >= 0.3 is 0 Å². The van der Waals surface area contributed by atoms with Crippen molar-refractivity contribution < 1.29 is 9.53 Å². The molecule has 0 N–H and O–H groups in total. The highest BCUT2D eigenvalue weighted by molar-refractivity contribution is 9.11. The average Bonchev–Trinajstić information content (AvgIpc) is 2.85. The summed E-state index contributed by atoms with van der Waals surface area (Å²) in [6.07, 6.45) is 5.87. The van der Waals surface area contributed by atoms with E-state index in [0.717, 1.165) is 23.2 Å². The van der Waals surface area contributed by atoms with Crippen molar-refractivity contribution in [3.05, 3.63) is 15.0 Å². The van der Waals surface area contributed by atoms with Gasteiger partial charge in [-0.15, -0.1) is 11.3 Å². The van der Waals surface area contributed by atoms with Crippen molar-refractivity contribution in [2.24, 2.45) is 0 Å². The maximum Gasteiger partial charge on any atom is 0.274 e. The maximum atomic E-state index is 12.5. The normalized spacial score (nSPS) is 22.7. The Morgan fingerprint density at radius 3 is 2.89 bits per heavy atom. The summed E-state index contributed by atoms with van der Waals surface area (Å²) in [5.74, 6) is 0.0290. The number of carbonyl (C=O) groups excluding carboxylic acids is 1. The third-order valence-electron chi connectivity index (χ3n) is 4.03. The van der Waals surface area contributed by atoms with Gasteiger partial charge in [0, 0.05) is 6.54 Å². The zero-order valence-corrected chi connectivity index (χ0v) is 13.1. The van der Waals surface area contributed by atoms with Crippen molar-refractivity contribution in [2.45, 2.75) is 37.7 Å². The first-order valence-electron chi connectivity index (χ1n) is 6.72. The topological polar surface area (TPSA) is 42.4 Å². The zero-order chi connectivity index (χ0) is 13.3. The van der Waals surface area contributed by atoms with E-state index in [1.54, 1.807) is 5.51 Å². The number of aromatic nitrogens is 1. The van der Waals surface area contributed by atoms with E-state index in [0.29, 0.717) is 18.8 Å². The molecule has 0 unspecified atom stereocenters. The second-order valence-electron chi connectivity index (χ2n) is 5.29. The molecule has 1 aromatic heterocycles. The Morgan fingerprint density at radius 1 is 1.42 bits per heavy atom. The molecule has 1 aromatic rings. The molecule has 1 saturated heterocycles. The minimum Gasteiger partial charge on any atom is -0.371 e. The maximum absolute atomic E-state index is 12.5. The molecule has 0 aromatic carbocycles. The van der Waals surface area contributed by atoms with Crippen molar-refractivity contribution in [2.75, 3.05) is 19.7 Å².